The van der Waals surface area contributed by atoms with Crippen LogP contribution in [0.3, 0.4) is 0 Å². The number of carbonyl (C=O) groups is 5. The molecular weight excluding hydrogens is 816 g/mol. The first-order valence-corrected chi connectivity index (χ1v) is 22.2. The van der Waals surface area contributed by atoms with Gasteiger partial charge in [0.25, 0.3) is 5.67 Å². The number of carbonyl (C=O) groups excluding carboxylic acids is 5. The number of pyridine rings is 1. The number of halogens is 1. The number of unbranched alkanes of at least 4 members (excludes halogenated alkanes) is 1. The number of alkyl halides is 1. The van der Waals surface area contributed by atoms with Gasteiger partial charge in [-0.3, -0.25) is 19.4 Å². The first-order valence-electron chi connectivity index (χ1n) is 22.2. The molecule has 2 aromatic rings. The topological polar surface area (TPSA) is 172 Å². The van der Waals surface area contributed by atoms with E-state index >= 15 is 4.39 Å². The summed E-state index contributed by atoms with van der Waals surface area (Å²) >= 11 is 0. The number of hydrogen-bond donors (Lipinski definition) is 0. The summed E-state index contributed by atoms with van der Waals surface area (Å²) in [4.78, 5) is 84.2. The van der Waals surface area contributed by atoms with Crippen molar-refractivity contribution in [2.24, 2.45) is 17.8 Å². The van der Waals surface area contributed by atoms with E-state index in [0.717, 1.165) is 18.2 Å². The molecule has 3 aliphatic heterocycles. The number of methoxy groups -OCH3 is 1. The van der Waals surface area contributed by atoms with Crippen LogP contribution >= 0.6 is 0 Å². The second-order valence-electron chi connectivity index (χ2n) is 18.6. The average Bonchev–Trinajstić information content (AvgIpc) is 3.79. The van der Waals surface area contributed by atoms with E-state index in [9.17, 15) is 24.0 Å². The number of rotatable bonds is 12. The summed E-state index contributed by atoms with van der Waals surface area (Å²) in [7, 11) is 6.69. The quantitative estimate of drug-likeness (QED) is 0.149. The lowest BCUT2D eigenvalue weighted by Crippen LogP contribution is -2.63. The molecule has 0 radical (unpaired) electrons. The second-order valence-corrected chi connectivity index (χ2v) is 18.6. The fourth-order valence-corrected chi connectivity index (χ4v) is 10.2. The van der Waals surface area contributed by atoms with Gasteiger partial charge in [-0.1, -0.05) is 27.7 Å². The summed E-state index contributed by atoms with van der Waals surface area (Å²) in [6.45, 7) is 15.1. The third-order valence-corrected chi connectivity index (χ3v) is 13.9. The zero-order valence-corrected chi connectivity index (χ0v) is 39.3. The Morgan fingerprint density at radius 2 is 1.73 bits per heavy atom. The smallest absolute Gasteiger partial charge is 0.351 e. The van der Waals surface area contributed by atoms with Gasteiger partial charge in [-0.2, -0.15) is 0 Å². The number of ketones is 2. The van der Waals surface area contributed by atoms with Gasteiger partial charge in [0.05, 0.1) is 47.5 Å². The van der Waals surface area contributed by atoms with Crippen LogP contribution in [-0.4, -0.2) is 153 Å². The molecule has 5 heterocycles. The number of fused-ring (bicyclic) bond motifs is 1. The van der Waals surface area contributed by atoms with E-state index in [1.165, 1.54) is 25.9 Å². The summed E-state index contributed by atoms with van der Waals surface area (Å²) in [6, 6.07) is 2.26. The molecule has 5 unspecified atom stereocenters. The van der Waals surface area contributed by atoms with Crippen LogP contribution in [0.4, 0.5) is 9.18 Å². The van der Waals surface area contributed by atoms with Crippen molar-refractivity contribution in [3.63, 3.8) is 0 Å². The number of likely N-dealkylation sites (N-methyl/N-ethyl adjacent to an activating group) is 2. The molecule has 0 saturated carbocycles. The zero-order chi connectivity index (χ0) is 46.8. The van der Waals surface area contributed by atoms with E-state index in [2.05, 4.69) is 9.97 Å². The molecule has 17 heteroatoms. The second kappa shape index (κ2) is 19.8. The molecular formula is C46H69FN6O10. The van der Waals surface area contributed by atoms with Crippen molar-refractivity contribution in [1.29, 1.82) is 0 Å². The lowest BCUT2D eigenvalue weighted by atomic mass is 9.72. The number of cyclic esters (lactones) is 1. The van der Waals surface area contributed by atoms with Crippen LogP contribution in [0.25, 0.3) is 11.3 Å². The number of nitrogens with zero attached hydrogens (tertiary/aromatic N) is 6. The van der Waals surface area contributed by atoms with Gasteiger partial charge in [-0.25, -0.2) is 19.0 Å². The van der Waals surface area contributed by atoms with E-state index in [4.69, 9.17) is 23.7 Å². The van der Waals surface area contributed by atoms with Crippen molar-refractivity contribution in [2.75, 3.05) is 34.8 Å². The SMILES string of the molecule is CC[C@H]1OC(=O)[C@@](C)(F)C(=O)[C@H](C)C(OC2O[C@H](C)CC(N(C)C)C2OC(C)=O)[C@@](C)(OC)C[C@@H](C)C(=O)[C@H](C)C2N(CCCCn3cnc(-c4cccnc4)c3)C(=O)N(C)[C@@]21C. The number of esters is 2. The normalized spacial score (nSPS) is 36.0. The highest BCUT2D eigenvalue weighted by molar-refractivity contribution is 6.08. The zero-order valence-electron chi connectivity index (χ0n) is 39.3. The average molecular weight is 885 g/mol. The van der Waals surface area contributed by atoms with Crippen molar-refractivity contribution in [1.82, 2.24) is 29.2 Å². The lowest BCUT2D eigenvalue weighted by Gasteiger charge is -2.48. The van der Waals surface area contributed by atoms with Crippen LogP contribution in [0, 0.1) is 17.8 Å². The summed E-state index contributed by atoms with van der Waals surface area (Å²) in [5.74, 6) is -6.26. The predicted octanol–water partition coefficient (Wildman–Crippen LogP) is 5.51. The maximum absolute atomic E-state index is 17.2. The number of aromatic nitrogens is 3. The van der Waals surface area contributed by atoms with E-state index in [-0.39, 0.29) is 43.3 Å². The summed E-state index contributed by atoms with van der Waals surface area (Å²) in [5.41, 5.74) is -4.28. The highest BCUT2D eigenvalue weighted by atomic mass is 19.1. The van der Waals surface area contributed by atoms with Gasteiger partial charge in [-0.05, 0) is 86.0 Å². The van der Waals surface area contributed by atoms with Gasteiger partial charge in [-0.15, -0.1) is 0 Å². The molecule has 3 aliphatic rings. The van der Waals surface area contributed by atoms with E-state index in [1.807, 2.05) is 48.8 Å². The van der Waals surface area contributed by atoms with Crippen molar-refractivity contribution in [3.8, 4) is 11.3 Å². The van der Waals surface area contributed by atoms with Crippen LogP contribution in [0.2, 0.25) is 0 Å². The number of ether oxygens (including phenoxy) is 5. The Hall–Kier alpha value is -4.32. The van der Waals surface area contributed by atoms with Gasteiger partial charge in [0.15, 0.2) is 18.2 Å². The minimum absolute atomic E-state index is 0.00359. The molecule has 0 bridgehead atoms. The summed E-state index contributed by atoms with van der Waals surface area (Å²) in [6.07, 6.45) is 4.02. The summed E-state index contributed by atoms with van der Waals surface area (Å²) in [5, 5.41) is 0. The Bertz CT molecular complexity index is 1950. The molecule has 0 aromatic carbocycles. The van der Waals surface area contributed by atoms with Crippen LogP contribution < -0.4 is 0 Å². The first kappa shape index (κ1) is 49.7. The fourth-order valence-electron chi connectivity index (χ4n) is 10.2. The molecule has 5 rings (SSSR count). The molecule has 350 valence electrons. The van der Waals surface area contributed by atoms with E-state index in [1.54, 1.807) is 65.3 Å². The molecule has 13 atom stereocenters. The molecule has 3 saturated heterocycles. The minimum Gasteiger partial charge on any atom is -0.457 e. The number of amides is 2. The van der Waals surface area contributed by atoms with Crippen molar-refractivity contribution >= 4 is 29.5 Å². The Labute approximate surface area is 371 Å². The standard InChI is InChI=1S/C46H69FN6O10/c1-14-35-46(9)38(53(43(58)51(46)12)21-16-15-20-52-25-33(49-26-52)32-18-17-19-48-24-32)29(4)36(55)27(2)23-44(7,59-13)40(30(5)39(56)45(8,47)42(57)62-35)63-41-37(61-31(6)54)34(50(10)11)22-28(3)60-41/h17-19,24-30,34-35,37-38,40-41H,14-16,20-23H2,1-13H3/t27-,28-,29+,30+,34?,35-,37?,38?,40?,41?,44+,45+,46-/m1/s1. The van der Waals surface area contributed by atoms with Crippen LogP contribution in [0.5, 0.6) is 0 Å². The predicted molar refractivity (Wildman–Crippen MR) is 231 cm³/mol. The Morgan fingerprint density at radius 3 is 2.33 bits per heavy atom. The van der Waals surface area contributed by atoms with Crippen LogP contribution in [0.15, 0.2) is 37.1 Å². The van der Waals surface area contributed by atoms with Gasteiger partial charge in [0.1, 0.15) is 11.9 Å². The van der Waals surface area contributed by atoms with Crippen LogP contribution in [-0.2, 0) is 49.4 Å². The number of Topliss-reactive ketones (excluding diaryl/α,β-unsaturated/α-hetero) is 2. The van der Waals surface area contributed by atoms with E-state index in [0.29, 0.717) is 25.8 Å². The maximum atomic E-state index is 17.2. The van der Waals surface area contributed by atoms with Gasteiger partial charge < -0.3 is 43.0 Å². The van der Waals surface area contributed by atoms with Crippen molar-refractivity contribution < 1.29 is 52.0 Å². The van der Waals surface area contributed by atoms with Gasteiger partial charge >= 0.3 is 18.0 Å². The molecule has 0 N–H and O–H groups in total. The van der Waals surface area contributed by atoms with Gasteiger partial charge in [0, 0.05) is 76.1 Å². The number of aryl methyl sites for hydroxylation is 1. The fraction of sp³-hybridized carbons (Fsp3) is 0.717. The number of urea groups is 1. The molecule has 3 fully saturated rings. The molecule has 0 spiro atoms. The Balaban J connectivity index is 1.51. The summed E-state index contributed by atoms with van der Waals surface area (Å²) < 4.78 is 50.1. The molecule has 16 nitrogen and oxygen atoms in total. The lowest BCUT2D eigenvalue weighted by molar-refractivity contribution is -0.298. The number of hydrogen-bond acceptors (Lipinski definition) is 13. The molecule has 0 aliphatic carbocycles. The highest BCUT2D eigenvalue weighted by Gasteiger charge is 2.62. The first-order chi connectivity index (χ1) is 29.5. The molecule has 63 heavy (non-hydrogen) atoms. The third kappa shape index (κ3) is 10.0. The minimum atomic E-state index is -3.18. The number of imidazole rings is 1. The Morgan fingerprint density at radius 1 is 1.05 bits per heavy atom. The highest BCUT2D eigenvalue weighted by Crippen LogP contribution is 2.44. The third-order valence-electron chi connectivity index (χ3n) is 13.9. The van der Waals surface area contributed by atoms with E-state index < -0.39 is 82.9 Å². The van der Waals surface area contributed by atoms with Crippen LogP contribution in [0.1, 0.15) is 94.4 Å². The Kier molecular flexibility index (Phi) is 15.6. The maximum Gasteiger partial charge on any atom is 0.351 e. The largest absolute Gasteiger partial charge is 0.457 e. The van der Waals surface area contributed by atoms with Crippen molar-refractivity contribution in [3.05, 3.63) is 37.1 Å². The molecule has 2 aromatic heterocycles. The molecule has 2 amide bonds. The monoisotopic (exact) mass is 885 g/mol. The van der Waals surface area contributed by atoms with Crippen molar-refractivity contribution in [2.45, 2.75) is 161 Å². The van der Waals surface area contributed by atoms with Gasteiger partial charge in [0.2, 0.25) is 0 Å².